The lowest BCUT2D eigenvalue weighted by Crippen LogP contribution is -2.30. The average molecular weight is 446 g/mol. The fourth-order valence-electron chi connectivity index (χ4n) is 3.09. The number of nitrogen functional groups attached to an aromatic ring is 1. The van der Waals surface area contributed by atoms with E-state index in [0.29, 0.717) is 47.0 Å². The van der Waals surface area contributed by atoms with Crippen molar-refractivity contribution in [1.82, 2.24) is 24.8 Å². The first-order chi connectivity index (χ1) is 16.1. The van der Waals surface area contributed by atoms with Gasteiger partial charge in [0.25, 0.3) is 5.91 Å². The van der Waals surface area contributed by atoms with Gasteiger partial charge in [0.1, 0.15) is 29.9 Å². The third-order valence-corrected chi connectivity index (χ3v) is 4.72. The third kappa shape index (κ3) is 5.62. The highest BCUT2D eigenvalue weighted by atomic mass is 16.5. The van der Waals surface area contributed by atoms with Crippen molar-refractivity contribution in [2.24, 2.45) is 0 Å². The first kappa shape index (κ1) is 21.8. The molecule has 0 bridgehead atoms. The molecule has 0 aliphatic rings. The van der Waals surface area contributed by atoms with Crippen LogP contribution in [0.3, 0.4) is 0 Å². The Labute approximate surface area is 189 Å². The molecule has 2 aromatic carbocycles. The van der Waals surface area contributed by atoms with Gasteiger partial charge in [0.15, 0.2) is 11.5 Å². The number of anilines is 1. The molecule has 0 unspecified atom stereocenters. The van der Waals surface area contributed by atoms with Crippen LogP contribution >= 0.6 is 0 Å². The van der Waals surface area contributed by atoms with E-state index in [0.717, 1.165) is 0 Å². The van der Waals surface area contributed by atoms with Crippen LogP contribution in [0.4, 0.5) is 5.82 Å². The number of aromatic nitrogens is 4. The Bertz CT molecular complexity index is 1240. The van der Waals surface area contributed by atoms with E-state index in [-0.39, 0.29) is 19.1 Å². The zero-order chi connectivity index (χ0) is 23.0. The number of aryl methyl sites for hydroxylation is 1. The van der Waals surface area contributed by atoms with Gasteiger partial charge < -0.3 is 25.1 Å². The number of esters is 1. The SMILES string of the molecule is Nc1ncnc2c1ncn2CCCOC(=O)CNC(=O)c1ccc(Oc2ccccc2)cc1. The Hall–Kier alpha value is -4.47. The molecule has 2 heterocycles. The molecule has 0 atom stereocenters. The summed E-state index contributed by atoms with van der Waals surface area (Å²) in [6, 6.07) is 16.0. The van der Waals surface area contributed by atoms with Gasteiger partial charge >= 0.3 is 5.97 Å². The van der Waals surface area contributed by atoms with E-state index in [1.54, 1.807) is 30.6 Å². The number of ether oxygens (including phenoxy) is 2. The van der Waals surface area contributed by atoms with Gasteiger partial charge in [-0.2, -0.15) is 0 Å². The molecular weight excluding hydrogens is 424 g/mol. The molecule has 4 aromatic rings. The van der Waals surface area contributed by atoms with Gasteiger partial charge in [-0.1, -0.05) is 18.2 Å². The maximum Gasteiger partial charge on any atom is 0.325 e. The van der Waals surface area contributed by atoms with Crippen molar-refractivity contribution >= 4 is 28.9 Å². The summed E-state index contributed by atoms with van der Waals surface area (Å²) in [6.45, 7) is 0.517. The number of nitrogens with zero attached hydrogens (tertiary/aromatic N) is 4. The van der Waals surface area contributed by atoms with Crippen molar-refractivity contribution in [2.75, 3.05) is 18.9 Å². The van der Waals surface area contributed by atoms with Crippen LogP contribution in [-0.4, -0.2) is 44.5 Å². The number of carbonyl (C=O) groups is 2. The maximum absolute atomic E-state index is 12.3. The number of carbonyl (C=O) groups excluding carboxylic acids is 2. The first-order valence-electron chi connectivity index (χ1n) is 10.3. The predicted molar refractivity (Wildman–Crippen MR) is 121 cm³/mol. The fraction of sp³-hybridized carbons (Fsp3) is 0.174. The summed E-state index contributed by atoms with van der Waals surface area (Å²) in [5, 5.41) is 2.55. The maximum atomic E-state index is 12.3. The highest BCUT2D eigenvalue weighted by Gasteiger charge is 2.10. The topological polar surface area (TPSA) is 134 Å². The molecule has 0 aliphatic heterocycles. The minimum absolute atomic E-state index is 0.195. The normalized spacial score (nSPS) is 10.7. The van der Waals surface area contributed by atoms with Crippen molar-refractivity contribution in [1.29, 1.82) is 0 Å². The van der Waals surface area contributed by atoms with Gasteiger partial charge in [-0.25, -0.2) is 15.0 Å². The highest BCUT2D eigenvalue weighted by molar-refractivity contribution is 5.96. The molecular formula is C23H22N6O4. The Balaban J connectivity index is 1.18. The summed E-state index contributed by atoms with van der Waals surface area (Å²) >= 11 is 0. The molecule has 33 heavy (non-hydrogen) atoms. The zero-order valence-corrected chi connectivity index (χ0v) is 17.7. The molecule has 0 radical (unpaired) electrons. The number of nitrogens with one attached hydrogen (secondary N) is 1. The number of nitrogens with two attached hydrogens (primary N) is 1. The van der Waals surface area contributed by atoms with Gasteiger partial charge in [-0.3, -0.25) is 9.59 Å². The van der Waals surface area contributed by atoms with Gasteiger partial charge in [-0.15, -0.1) is 0 Å². The average Bonchev–Trinajstić information content (AvgIpc) is 3.26. The second kappa shape index (κ2) is 10.2. The number of benzene rings is 2. The van der Waals surface area contributed by atoms with Crippen LogP contribution in [0.5, 0.6) is 11.5 Å². The molecule has 10 nitrogen and oxygen atoms in total. The van der Waals surface area contributed by atoms with Gasteiger partial charge in [-0.05, 0) is 42.8 Å². The number of imidazole rings is 1. The number of rotatable bonds is 9. The number of hydrogen-bond acceptors (Lipinski definition) is 8. The van der Waals surface area contributed by atoms with Crippen LogP contribution in [0.1, 0.15) is 16.8 Å². The van der Waals surface area contributed by atoms with Crippen molar-refractivity contribution < 1.29 is 19.1 Å². The first-order valence-corrected chi connectivity index (χ1v) is 10.3. The van der Waals surface area contributed by atoms with Crippen LogP contribution in [0.2, 0.25) is 0 Å². The molecule has 3 N–H and O–H groups in total. The molecule has 10 heteroatoms. The molecule has 0 spiro atoms. The monoisotopic (exact) mass is 446 g/mol. The number of amides is 1. The minimum atomic E-state index is -0.519. The molecule has 4 rings (SSSR count). The van der Waals surface area contributed by atoms with Crippen LogP contribution in [-0.2, 0) is 16.1 Å². The summed E-state index contributed by atoms with van der Waals surface area (Å²) in [7, 11) is 0. The number of para-hydroxylation sites is 1. The van der Waals surface area contributed by atoms with Crippen LogP contribution in [0.15, 0.2) is 67.3 Å². The van der Waals surface area contributed by atoms with E-state index in [2.05, 4.69) is 20.3 Å². The lowest BCUT2D eigenvalue weighted by atomic mass is 10.2. The largest absolute Gasteiger partial charge is 0.464 e. The second-order valence-electron chi connectivity index (χ2n) is 7.07. The molecule has 0 saturated heterocycles. The van der Waals surface area contributed by atoms with E-state index < -0.39 is 5.97 Å². The lowest BCUT2D eigenvalue weighted by molar-refractivity contribution is -0.142. The van der Waals surface area contributed by atoms with Gasteiger partial charge in [0, 0.05) is 12.1 Å². The lowest BCUT2D eigenvalue weighted by Gasteiger charge is -2.08. The third-order valence-electron chi connectivity index (χ3n) is 4.72. The fourth-order valence-corrected chi connectivity index (χ4v) is 3.09. The molecule has 2 aromatic heterocycles. The molecule has 0 saturated carbocycles. The quantitative estimate of drug-likeness (QED) is 0.296. The summed E-state index contributed by atoms with van der Waals surface area (Å²) < 4.78 is 12.7. The standard InChI is InChI=1S/C23H22N6O4/c24-21-20-22(27-14-26-21)29(15-28-20)11-4-12-32-19(30)13-25-23(31)16-7-9-18(10-8-16)33-17-5-2-1-3-6-17/h1-3,5-10,14-15H,4,11-13H2,(H,25,31)(H2,24,26,27). The van der Waals surface area contributed by atoms with Gasteiger partial charge in [0.05, 0.1) is 12.9 Å². The number of fused-ring (bicyclic) bond motifs is 1. The van der Waals surface area contributed by atoms with E-state index in [1.807, 2.05) is 34.9 Å². The Morgan fingerprint density at radius 2 is 1.73 bits per heavy atom. The minimum Gasteiger partial charge on any atom is -0.464 e. The Kier molecular flexibility index (Phi) is 6.74. The second-order valence-corrected chi connectivity index (χ2v) is 7.07. The summed E-state index contributed by atoms with van der Waals surface area (Å²) in [5.74, 6) is 0.738. The molecule has 0 aliphatic carbocycles. The molecule has 0 fully saturated rings. The summed E-state index contributed by atoms with van der Waals surface area (Å²) in [5.41, 5.74) is 7.34. The van der Waals surface area contributed by atoms with E-state index in [4.69, 9.17) is 15.2 Å². The Morgan fingerprint density at radius 3 is 2.52 bits per heavy atom. The summed E-state index contributed by atoms with van der Waals surface area (Å²) in [6.07, 6.45) is 3.55. The van der Waals surface area contributed by atoms with Crippen LogP contribution in [0.25, 0.3) is 11.2 Å². The van der Waals surface area contributed by atoms with Crippen LogP contribution < -0.4 is 15.8 Å². The van der Waals surface area contributed by atoms with E-state index in [9.17, 15) is 9.59 Å². The van der Waals surface area contributed by atoms with Crippen LogP contribution in [0, 0.1) is 0 Å². The van der Waals surface area contributed by atoms with Crippen molar-refractivity contribution in [2.45, 2.75) is 13.0 Å². The Morgan fingerprint density at radius 1 is 0.970 bits per heavy atom. The predicted octanol–water partition coefficient (Wildman–Crippen LogP) is 2.56. The zero-order valence-electron chi connectivity index (χ0n) is 17.7. The van der Waals surface area contributed by atoms with E-state index in [1.165, 1.54) is 6.33 Å². The number of hydrogen-bond donors (Lipinski definition) is 2. The van der Waals surface area contributed by atoms with E-state index >= 15 is 0 Å². The summed E-state index contributed by atoms with van der Waals surface area (Å²) in [4.78, 5) is 36.5. The molecule has 1 amide bonds. The van der Waals surface area contributed by atoms with Gasteiger partial charge in [0.2, 0.25) is 0 Å². The smallest absolute Gasteiger partial charge is 0.325 e. The van der Waals surface area contributed by atoms with Crippen molar-refractivity contribution in [3.8, 4) is 11.5 Å². The highest BCUT2D eigenvalue weighted by Crippen LogP contribution is 2.21. The van der Waals surface area contributed by atoms with Crippen molar-refractivity contribution in [3.05, 3.63) is 72.8 Å². The van der Waals surface area contributed by atoms with Crippen molar-refractivity contribution in [3.63, 3.8) is 0 Å². The molecule has 168 valence electrons.